The molecule has 0 aliphatic heterocycles. The number of Topliss-reactive ketones (excluding diaryl/α,β-unsaturated/α-hetero) is 1. The first kappa shape index (κ1) is 16.2. The Hall–Kier alpha value is -1.64. The van der Waals surface area contributed by atoms with Crippen LogP contribution in [-0.4, -0.2) is 11.7 Å². The maximum Gasteiger partial charge on any atom is 0.227 e. The van der Waals surface area contributed by atoms with Crippen LogP contribution < -0.4 is 5.32 Å². The normalized spacial score (nSPS) is 26.8. The number of benzene rings is 1. The van der Waals surface area contributed by atoms with Gasteiger partial charge < -0.3 is 5.32 Å². The molecular formula is C20H27NO2. The van der Waals surface area contributed by atoms with E-state index in [0.29, 0.717) is 5.78 Å². The van der Waals surface area contributed by atoms with Crippen molar-refractivity contribution in [3.05, 3.63) is 29.8 Å². The maximum absolute atomic E-state index is 12.5. The van der Waals surface area contributed by atoms with E-state index in [-0.39, 0.29) is 23.7 Å². The van der Waals surface area contributed by atoms with Crippen LogP contribution in [0.2, 0.25) is 0 Å². The van der Waals surface area contributed by atoms with Crippen LogP contribution in [0, 0.1) is 17.8 Å². The fourth-order valence-corrected chi connectivity index (χ4v) is 4.07. The highest BCUT2D eigenvalue weighted by Crippen LogP contribution is 2.40. The molecule has 3 atom stereocenters. The summed E-state index contributed by atoms with van der Waals surface area (Å²) in [6, 6.07) is 8.20. The minimum atomic E-state index is 0.00256. The molecule has 1 unspecified atom stereocenters. The minimum absolute atomic E-state index is 0.00256. The number of anilines is 1. The van der Waals surface area contributed by atoms with Crippen LogP contribution in [0.4, 0.5) is 5.69 Å². The first-order chi connectivity index (χ1) is 11.2. The molecule has 2 saturated carbocycles. The van der Waals surface area contributed by atoms with Gasteiger partial charge in [-0.1, -0.05) is 31.9 Å². The molecule has 1 amide bonds. The Balaban J connectivity index is 1.57. The van der Waals surface area contributed by atoms with Gasteiger partial charge in [-0.3, -0.25) is 9.59 Å². The van der Waals surface area contributed by atoms with Crippen molar-refractivity contribution >= 4 is 17.4 Å². The van der Waals surface area contributed by atoms with E-state index >= 15 is 0 Å². The summed E-state index contributed by atoms with van der Waals surface area (Å²) >= 11 is 0. The summed E-state index contributed by atoms with van der Waals surface area (Å²) in [5, 5.41) is 3.05. The van der Waals surface area contributed by atoms with Crippen LogP contribution >= 0.6 is 0 Å². The summed E-state index contributed by atoms with van der Waals surface area (Å²) in [6.45, 7) is 2.19. The minimum Gasteiger partial charge on any atom is -0.326 e. The molecule has 0 aromatic heterocycles. The smallest absolute Gasteiger partial charge is 0.227 e. The Morgan fingerprint density at radius 3 is 2.39 bits per heavy atom. The lowest BCUT2D eigenvalue weighted by Gasteiger charge is -2.36. The number of aryl methyl sites for hydroxylation is 1. The molecule has 0 radical (unpaired) electrons. The number of carbonyl (C=O) groups excluding carboxylic acids is 2. The highest BCUT2D eigenvalue weighted by Gasteiger charge is 2.41. The molecular weight excluding hydrogens is 286 g/mol. The van der Waals surface area contributed by atoms with Crippen LogP contribution in [0.5, 0.6) is 0 Å². The fraction of sp³-hybridized carbons (Fsp3) is 0.600. The summed E-state index contributed by atoms with van der Waals surface area (Å²) < 4.78 is 0. The lowest BCUT2D eigenvalue weighted by molar-refractivity contribution is -0.136. The molecule has 0 spiro atoms. The third-order valence-corrected chi connectivity index (χ3v) is 5.46. The predicted octanol–water partition coefficient (Wildman–Crippen LogP) is 4.36. The molecule has 1 aromatic rings. The summed E-state index contributed by atoms with van der Waals surface area (Å²) in [6.07, 6.45) is 8.08. The van der Waals surface area contributed by atoms with Gasteiger partial charge in [-0.2, -0.15) is 0 Å². The highest BCUT2D eigenvalue weighted by molar-refractivity contribution is 5.95. The molecule has 0 heterocycles. The second-order valence-electron chi connectivity index (χ2n) is 7.19. The molecule has 0 saturated heterocycles. The van der Waals surface area contributed by atoms with Crippen molar-refractivity contribution in [2.24, 2.45) is 17.8 Å². The zero-order chi connectivity index (χ0) is 16.2. The number of hydrogen-bond acceptors (Lipinski definition) is 2. The van der Waals surface area contributed by atoms with Crippen LogP contribution in [0.25, 0.3) is 0 Å². The van der Waals surface area contributed by atoms with E-state index in [0.717, 1.165) is 44.2 Å². The van der Waals surface area contributed by atoms with Crippen molar-refractivity contribution in [3.8, 4) is 0 Å². The van der Waals surface area contributed by atoms with Gasteiger partial charge in [0.05, 0.1) is 0 Å². The van der Waals surface area contributed by atoms with Crippen LogP contribution in [0.3, 0.4) is 0 Å². The van der Waals surface area contributed by atoms with Crippen molar-refractivity contribution in [2.45, 2.75) is 58.3 Å². The van der Waals surface area contributed by atoms with Crippen molar-refractivity contribution in [1.82, 2.24) is 0 Å². The van der Waals surface area contributed by atoms with Crippen molar-refractivity contribution in [2.75, 3.05) is 5.32 Å². The number of nitrogens with one attached hydrogen (secondary N) is 1. The quantitative estimate of drug-likeness (QED) is 0.877. The molecule has 2 aliphatic carbocycles. The van der Waals surface area contributed by atoms with Crippen LogP contribution in [0.15, 0.2) is 24.3 Å². The number of ketones is 1. The van der Waals surface area contributed by atoms with Gasteiger partial charge >= 0.3 is 0 Å². The molecule has 23 heavy (non-hydrogen) atoms. The number of amides is 1. The standard InChI is InChI=1S/C20H27NO2/c1-2-3-5-14-8-10-18(11-9-14)21-20(23)17-12-15-6-4-7-16(13-17)19(15)22/h8-11,15-17H,2-7,12-13H2,1H3,(H,21,23)/t15-,16+,17?. The molecule has 1 aromatic carbocycles. The number of rotatable bonds is 5. The van der Waals surface area contributed by atoms with Gasteiger partial charge in [0.25, 0.3) is 0 Å². The Bertz CT molecular complexity index is 548. The van der Waals surface area contributed by atoms with Gasteiger partial charge in [0.2, 0.25) is 5.91 Å². The Kier molecular flexibility index (Phi) is 5.14. The Labute approximate surface area is 138 Å². The van der Waals surface area contributed by atoms with E-state index < -0.39 is 0 Å². The number of carbonyl (C=O) groups is 2. The van der Waals surface area contributed by atoms with Crippen molar-refractivity contribution in [3.63, 3.8) is 0 Å². The van der Waals surface area contributed by atoms with Gasteiger partial charge in [-0.25, -0.2) is 0 Å². The second kappa shape index (κ2) is 7.29. The van der Waals surface area contributed by atoms with Gasteiger partial charge in [0.1, 0.15) is 5.78 Å². The van der Waals surface area contributed by atoms with Gasteiger partial charge in [0.15, 0.2) is 0 Å². The van der Waals surface area contributed by atoms with Gasteiger partial charge in [-0.15, -0.1) is 0 Å². The molecule has 3 rings (SSSR count). The summed E-state index contributed by atoms with van der Waals surface area (Å²) in [7, 11) is 0. The third kappa shape index (κ3) is 3.82. The number of unbranched alkanes of at least 4 members (excludes halogenated alkanes) is 1. The average molecular weight is 313 g/mol. The molecule has 2 aliphatic rings. The molecule has 3 nitrogen and oxygen atoms in total. The zero-order valence-electron chi connectivity index (χ0n) is 14.0. The summed E-state index contributed by atoms with van der Waals surface area (Å²) in [4.78, 5) is 24.7. The molecule has 3 heteroatoms. The fourth-order valence-electron chi connectivity index (χ4n) is 4.07. The monoisotopic (exact) mass is 313 g/mol. The van der Waals surface area contributed by atoms with Crippen LogP contribution in [0.1, 0.15) is 57.4 Å². The predicted molar refractivity (Wildman–Crippen MR) is 92.2 cm³/mol. The largest absolute Gasteiger partial charge is 0.326 e. The molecule has 124 valence electrons. The Morgan fingerprint density at radius 2 is 1.78 bits per heavy atom. The van der Waals surface area contributed by atoms with Gasteiger partial charge in [-0.05, 0) is 56.2 Å². The van der Waals surface area contributed by atoms with E-state index in [9.17, 15) is 9.59 Å². The molecule has 1 N–H and O–H groups in total. The number of hydrogen-bond donors (Lipinski definition) is 1. The zero-order valence-corrected chi connectivity index (χ0v) is 14.0. The lowest BCUT2D eigenvalue weighted by atomic mass is 9.67. The third-order valence-electron chi connectivity index (χ3n) is 5.46. The van der Waals surface area contributed by atoms with E-state index in [1.54, 1.807) is 0 Å². The Morgan fingerprint density at radius 1 is 1.13 bits per heavy atom. The molecule has 2 fully saturated rings. The SMILES string of the molecule is CCCCc1ccc(NC(=O)C2C[C@H]3CCC[C@@H](C2)C3=O)cc1. The molecule has 2 bridgehead atoms. The maximum atomic E-state index is 12.5. The first-order valence-electron chi connectivity index (χ1n) is 9.11. The highest BCUT2D eigenvalue weighted by atomic mass is 16.2. The number of fused-ring (bicyclic) bond motifs is 2. The van der Waals surface area contributed by atoms with E-state index in [2.05, 4.69) is 24.4 Å². The van der Waals surface area contributed by atoms with Crippen molar-refractivity contribution in [1.29, 1.82) is 0 Å². The van der Waals surface area contributed by atoms with E-state index in [1.165, 1.54) is 18.4 Å². The first-order valence-corrected chi connectivity index (χ1v) is 9.11. The average Bonchev–Trinajstić information content (AvgIpc) is 2.54. The van der Waals surface area contributed by atoms with E-state index in [4.69, 9.17) is 0 Å². The summed E-state index contributed by atoms with van der Waals surface area (Å²) in [5.74, 6) is 0.781. The second-order valence-corrected chi connectivity index (χ2v) is 7.19. The summed E-state index contributed by atoms with van der Waals surface area (Å²) in [5.41, 5.74) is 2.19. The van der Waals surface area contributed by atoms with E-state index in [1.807, 2.05) is 12.1 Å². The van der Waals surface area contributed by atoms with Crippen LogP contribution in [-0.2, 0) is 16.0 Å². The van der Waals surface area contributed by atoms with Crippen molar-refractivity contribution < 1.29 is 9.59 Å². The lowest BCUT2D eigenvalue weighted by Crippen LogP contribution is -2.40. The van der Waals surface area contributed by atoms with Gasteiger partial charge in [0, 0.05) is 23.4 Å². The topological polar surface area (TPSA) is 46.2 Å².